The molecule has 3 rings (SSSR count). The van der Waals surface area contributed by atoms with Crippen molar-refractivity contribution in [3.63, 3.8) is 0 Å². The number of thiocarbonyl (C=S) groups is 1. The number of hydrogen-bond donors (Lipinski definition) is 1. The van der Waals surface area contributed by atoms with Crippen molar-refractivity contribution in [2.24, 2.45) is 0 Å². The molecule has 1 heterocycles. The first kappa shape index (κ1) is 18.3. The molecule has 6 heteroatoms. The summed E-state index contributed by atoms with van der Waals surface area (Å²) in [5.74, 6) is 1.73. The van der Waals surface area contributed by atoms with Crippen LogP contribution in [0.2, 0.25) is 0 Å². The molecule has 1 aliphatic rings. The van der Waals surface area contributed by atoms with Crippen LogP contribution < -0.4 is 19.7 Å². The van der Waals surface area contributed by atoms with Gasteiger partial charge < -0.3 is 24.6 Å². The summed E-state index contributed by atoms with van der Waals surface area (Å²) in [4.78, 5) is 4.36. The Balaban J connectivity index is 1.62. The van der Waals surface area contributed by atoms with Gasteiger partial charge in [-0.1, -0.05) is 18.2 Å². The molecule has 138 valence electrons. The van der Waals surface area contributed by atoms with Crippen molar-refractivity contribution in [2.45, 2.75) is 13.0 Å². The third-order valence-corrected chi connectivity index (χ3v) is 4.86. The maximum atomic E-state index is 6.18. The first-order valence-corrected chi connectivity index (χ1v) is 9.18. The van der Waals surface area contributed by atoms with E-state index < -0.39 is 0 Å². The first-order valence-electron chi connectivity index (χ1n) is 8.77. The number of methoxy groups -OCH3 is 1. The minimum atomic E-state index is 0.0555. The zero-order valence-corrected chi connectivity index (χ0v) is 16.3. The molecular weight excluding hydrogens is 346 g/mol. The molecule has 0 saturated heterocycles. The van der Waals surface area contributed by atoms with Crippen LogP contribution in [0, 0.1) is 0 Å². The number of para-hydroxylation sites is 2. The number of fused-ring (bicyclic) bond motifs is 1. The maximum Gasteiger partial charge on any atom is 0.173 e. The quantitative estimate of drug-likeness (QED) is 0.810. The van der Waals surface area contributed by atoms with Gasteiger partial charge in [-0.15, -0.1) is 0 Å². The van der Waals surface area contributed by atoms with Crippen LogP contribution in [-0.4, -0.2) is 49.9 Å². The molecule has 1 N–H and O–H groups in total. The van der Waals surface area contributed by atoms with E-state index in [1.54, 1.807) is 7.11 Å². The minimum Gasteiger partial charge on any atom is -0.497 e. The van der Waals surface area contributed by atoms with Crippen LogP contribution in [0.25, 0.3) is 0 Å². The summed E-state index contributed by atoms with van der Waals surface area (Å²) in [6.45, 7) is 4.67. The van der Waals surface area contributed by atoms with E-state index in [1.165, 1.54) is 0 Å². The molecule has 1 aliphatic heterocycles. The fourth-order valence-corrected chi connectivity index (χ4v) is 3.27. The van der Waals surface area contributed by atoms with Gasteiger partial charge >= 0.3 is 0 Å². The molecule has 2 aromatic rings. The summed E-state index contributed by atoms with van der Waals surface area (Å²) in [6.07, 6.45) is 0.0555. The zero-order chi connectivity index (χ0) is 18.5. The van der Waals surface area contributed by atoms with E-state index in [2.05, 4.69) is 23.2 Å². The zero-order valence-electron chi connectivity index (χ0n) is 15.4. The topological polar surface area (TPSA) is 37.0 Å². The average Bonchev–Trinajstić information content (AvgIpc) is 2.67. The Morgan fingerprint density at radius 3 is 2.88 bits per heavy atom. The van der Waals surface area contributed by atoms with Gasteiger partial charge in [0, 0.05) is 25.3 Å². The molecule has 26 heavy (non-hydrogen) atoms. The molecule has 0 aromatic heterocycles. The molecule has 1 atom stereocenters. The Morgan fingerprint density at radius 2 is 2.12 bits per heavy atom. The summed E-state index contributed by atoms with van der Waals surface area (Å²) in [7, 11) is 3.64. The normalized spacial score (nSPS) is 15.7. The second kappa shape index (κ2) is 8.27. The molecule has 0 fully saturated rings. The third kappa shape index (κ3) is 4.19. The van der Waals surface area contributed by atoms with Gasteiger partial charge in [-0.2, -0.15) is 0 Å². The summed E-state index contributed by atoms with van der Waals surface area (Å²) >= 11 is 5.55. The number of likely N-dealkylation sites (N-methyl/N-ethyl adjacent to an activating group) is 2. The molecule has 0 unspecified atom stereocenters. The summed E-state index contributed by atoms with van der Waals surface area (Å²) in [5.41, 5.74) is 2.07. The molecule has 0 aliphatic carbocycles. The van der Waals surface area contributed by atoms with Gasteiger partial charge in [-0.3, -0.25) is 0 Å². The average molecular weight is 372 g/mol. The fraction of sp³-hybridized carbons (Fsp3) is 0.350. The van der Waals surface area contributed by atoms with Crippen LogP contribution in [-0.2, 0) is 0 Å². The van der Waals surface area contributed by atoms with E-state index in [1.807, 2.05) is 54.4 Å². The first-order chi connectivity index (χ1) is 12.6. The smallest absolute Gasteiger partial charge is 0.173 e. The SMILES string of the molecule is CCN1C[C@H](CN(C)C(=S)Nc2cccc(OC)c2)Oc2ccccc21. The van der Waals surface area contributed by atoms with Crippen LogP contribution >= 0.6 is 12.2 Å². The highest BCUT2D eigenvalue weighted by Crippen LogP contribution is 2.32. The Morgan fingerprint density at radius 1 is 1.31 bits per heavy atom. The van der Waals surface area contributed by atoms with Crippen molar-refractivity contribution < 1.29 is 9.47 Å². The van der Waals surface area contributed by atoms with Crippen molar-refractivity contribution in [1.29, 1.82) is 0 Å². The third-order valence-electron chi connectivity index (χ3n) is 4.45. The van der Waals surface area contributed by atoms with Crippen LogP contribution in [0.15, 0.2) is 48.5 Å². The Hall–Kier alpha value is -2.47. The number of nitrogens with zero attached hydrogens (tertiary/aromatic N) is 2. The summed E-state index contributed by atoms with van der Waals surface area (Å²) < 4.78 is 11.4. The van der Waals surface area contributed by atoms with Crippen LogP contribution in [0.5, 0.6) is 11.5 Å². The van der Waals surface area contributed by atoms with Gasteiger partial charge in [0.1, 0.15) is 17.6 Å². The number of benzene rings is 2. The van der Waals surface area contributed by atoms with Crippen LogP contribution in [0.3, 0.4) is 0 Å². The maximum absolute atomic E-state index is 6.18. The fourth-order valence-electron chi connectivity index (χ4n) is 3.08. The van der Waals surface area contributed by atoms with E-state index in [4.69, 9.17) is 21.7 Å². The van der Waals surface area contributed by atoms with Crippen molar-refractivity contribution in [3.8, 4) is 11.5 Å². The highest BCUT2D eigenvalue weighted by atomic mass is 32.1. The number of nitrogens with one attached hydrogen (secondary N) is 1. The number of rotatable bonds is 5. The van der Waals surface area contributed by atoms with E-state index >= 15 is 0 Å². The molecule has 0 radical (unpaired) electrons. The number of hydrogen-bond acceptors (Lipinski definition) is 4. The van der Waals surface area contributed by atoms with E-state index in [9.17, 15) is 0 Å². The molecule has 0 spiro atoms. The standard InChI is InChI=1S/C20H25N3O2S/c1-4-23-14-17(25-19-11-6-5-10-18(19)23)13-22(2)20(26)21-15-8-7-9-16(12-15)24-3/h5-12,17H,4,13-14H2,1-3H3,(H,21,26)/t17-/m0/s1. The minimum absolute atomic E-state index is 0.0555. The second-order valence-corrected chi connectivity index (χ2v) is 6.68. The molecule has 5 nitrogen and oxygen atoms in total. The Kier molecular flexibility index (Phi) is 5.83. The predicted octanol–water partition coefficient (Wildman–Crippen LogP) is 3.61. The van der Waals surface area contributed by atoms with Gasteiger partial charge in [0.2, 0.25) is 0 Å². The van der Waals surface area contributed by atoms with E-state index in [-0.39, 0.29) is 6.10 Å². The highest BCUT2D eigenvalue weighted by molar-refractivity contribution is 7.80. The van der Waals surface area contributed by atoms with Gasteiger partial charge in [-0.05, 0) is 43.4 Å². The molecular formula is C20H25N3O2S. The Bertz CT molecular complexity index is 768. The van der Waals surface area contributed by atoms with Gasteiger partial charge in [-0.25, -0.2) is 0 Å². The van der Waals surface area contributed by atoms with E-state index in [0.29, 0.717) is 11.7 Å². The highest BCUT2D eigenvalue weighted by Gasteiger charge is 2.26. The summed E-state index contributed by atoms with van der Waals surface area (Å²) in [5, 5.41) is 3.91. The monoisotopic (exact) mass is 371 g/mol. The lowest BCUT2D eigenvalue weighted by Gasteiger charge is -2.37. The molecule has 2 aromatic carbocycles. The second-order valence-electron chi connectivity index (χ2n) is 6.29. The summed E-state index contributed by atoms with van der Waals surface area (Å²) in [6, 6.07) is 15.9. The Labute approximate surface area is 160 Å². The van der Waals surface area contributed by atoms with Gasteiger partial charge in [0.25, 0.3) is 0 Å². The molecule has 0 amide bonds. The van der Waals surface area contributed by atoms with Crippen molar-refractivity contribution in [2.75, 3.05) is 44.0 Å². The lowest BCUT2D eigenvalue weighted by molar-refractivity contribution is 0.169. The van der Waals surface area contributed by atoms with Crippen LogP contribution in [0.4, 0.5) is 11.4 Å². The van der Waals surface area contributed by atoms with Crippen molar-refractivity contribution in [3.05, 3.63) is 48.5 Å². The largest absolute Gasteiger partial charge is 0.497 e. The number of anilines is 2. The van der Waals surface area contributed by atoms with Crippen molar-refractivity contribution in [1.82, 2.24) is 4.90 Å². The number of ether oxygens (including phenoxy) is 2. The van der Waals surface area contributed by atoms with Gasteiger partial charge in [0.15, 0.2) is 5.11 Å². The van der Waals surface area contributed by atoms with E-state index in [0.717, 1.165) is 36.0 Å². The molecule has 0 bridgehead atoms. The molecule has 0 saturated carbocycles. The van der Waals surface area contributed by atoms with Crippen LogP contribution in [0.1, 0.15) is 6.92 Å². The lowest BCUT2D eigenvalue weighted by Crippen LogP contribution is -2.47. The predicted molar refractivity (Wildman–Crippen MR) is 111 cm³/mol. The van der Waals surface area contributed by atoms with Crippen molar-refractivity contribution >= 4 is 28.7 Å². The van der Waals surface area contributed by atoms with Gasteiger partial charge in [0.05, 0.1) is 25.9 Å². The lowest BCUT2D eigenvalue weighted by atomic mass is 10.2.